The normalized spacial score (nSPS) is 27.6. The maximum atomic E-state index is 12.6. The van der Waals surface area contributed by atoms with Crippen molar-refractivity contribution in [1.82, 2.24) is 10.6 Å². The van der Waals surface area contributed by atoms with Crippen LogP contribution in [0.4, 0.5) is 10.5 Å². The largest absolute Gasteiger partial charge is 0.441 e. The van der Waals surface area contributed by atoms with E-state index in [1.54, 1.807) is 0 Å². The van der Waals surface area contributed by atoms with E-state index in [9.17, 15) is 4.79 Å². The predicted octanol–water partition coefficient (Wildman–Crippen LogP) is 3.72. The van der Waals surface area contributed by atoms with Crippen LogP contribution in [0.1, 0.15) is 32.1 Å². The summed E-state index contributed by atoms with van der Waals surface area (Å²) < 4.78 is 17.5. The molecule has 2 aromatic carbocycles. The molecule has 32 heavy (non-hydrogen) atoms. The number of carbonyl (C=O) groups is 1. The Hall–Kier alpha value is -2.42. The molecular weight excluding hydrogens is 426 g/mol. The number of hydrogen-bond acceptors (Lipinski definition) is 5. The summed E-state index contributed by atoms with van der Waals surface area (Å²) in [5.74, 6) is 0. The van der Waals surface area contributed by atoms with Gasteiger partial charge in [-0.1, -0.05) is 55.7 Å². The first-order valence-electron chi connectivity index (χ1n) is 11.4. The van der Waals surface area contributed by atoms with Crippen LogP contribution in [0.5, 0.6) is 0 Å². The summed E-state index contributed by atoms with van der Waals surface area (Å²) >= 11 is 5.51. The van der Waals surface area contributed by atoms with E-state index in [2.05, 4.69) is 16.0 Å². The van der Waals surface area contributed by atoms with Gasteiger partial charge in [-0.3, -0.25) is 5.32 Å². The van der Waals surface area contributed by atoms with Gasteiger partial charge in [0.15, 0.2) is 11.2 Å². The molecule has 2 heterocycles. The van der Waals surface area contributed by atoms with E-state index in [4.69, 9.17) is 26.4 Å². The van der Waals surface area contributed by atoms with Crippen molar-refractivity contribution in [1.29, 1.82) is 0 Å². The minimum atomic E-state index is -0.509. The fourth-order valence-corrected chi connectivity index (χ4v) is 5.26. The van der Waals surface area contributed by atoms with Crippen molar-refractivity contribution in [2.24, 2.45) is 0 Å². The summed E-state index contributed by atoms with van der Waals surface area (Å²) in [6.07, 6.45) is 4.66. The second-order valence-electron chi connectivity index (χ2n) is 8.75. The van der Waals surface area contributed by atoms with Crippen molar-refractivity contribution in [3.8, 4) is 0 Å². The number of amides is 1. The maximum Gasteiger partial charge on any atom is 0.412 e. The zero-order valence-corrected chi connectivity index (χ0v) is 18.7. The number of fused-ring (bicyclic) bond motifs is 2. The third kappa shape index (κ3) is 4.67. The monoisotopic (exact) mass is 455 g/mol. The van der Waals surface area contributed by atoms with E-state index in [-0.39, 0.29) is 18.2 Å². The number of nitrogens with one attached hydrogen (secondary N) is 3. The Bertz CT molecular complexity index is 975. The fourth-order valence-electron chi connectivity index (χ4n) is 4.94. The number of rotatable bonds is 4. The molecule has 2 aromatic rings. The smallest absolute Gasteiger partial charge is 0.412 e. The Morgan fingerprint density at radius 3 is 2.59 bits per heavy atom. The first-order valence-corrected chi connectivity index (χ1v) is 11.8. The van der Waals surface area contributed by atoms with E-state index in [0.717, 1.165) is 29.3 Å². The molecule has 7 nitrogen and oxygen atoms in total. The van der Waals surface area contributed by atoms with Crippen molar-refractivity contribution < 1.29 is 19.0 Å². The third-order valence-electron chi connectivity index (χ3n) is 6.55. The predicted molar refractivity (Wildman–Crippen MR) is 127 cm³/mol. The van der Waals surface area contributed by atoms with Crippen molar-refractivity contribution in [2.45, 2.75) is 62.5 Å². The molecule has 3 N–H and O–H groups in total. The van der Waals surface area contributed by atoms with E-state index < -0.39 is 12.2 Å². The lowest BCUT2D eigenvalue weighted by molar-refractivity contribution is 0.00880. The average Bonchev–Trinajstić information content (AvgIpc) is 3.38. The molecule has 0 aromatic heterocycles. The van der Waals surface area contributed by atoms with Crippen LogP contribution in [0.15, 0.2) is 42.5 Å². The van der Waals surface area contributed by atoms with E-state index in [0.29, 0.717) is 24.4 Å². The third-order valence-corrected chi connectivity index (χ3v) is 6.79. The molecule has 3 fully saturated rings. The highest BCUT2D eigenvalue weighted by Crippen LogP contribution is 2.30. The minimum absolute atomic E-state index is 0.0571. The lowest BCUT2D eigenvalue weighted by Crippen LogP contribution is -2.50. The van der Waals surface area contributed by atoms with Crippen LogP contribution in [0, 0.1) is 0 Å². The van der Waals surface area contributed by atoms with Crippen LogP contribution in [0.2, 0.25) is 0 Å². The van der Waals surface area contributed by atoms with Crippen molar-refractivity contribution in [3.63, 3.8) is 0 Å². The van der Waals surface area contributed by atoms with Crippen LogP contribution < -0.4 is 16.0 Å². The highest BCUT2D eigenvalue weighted by Gasteiger charge is 2.49. The molecule has 4 atom stereocenters. The lowest BCUT2D eigenvalue weighted by Gasteiger charge is -2.26. The number of hydrogen-bond donors (Lipinski definition) is 3. The van der Waals surface area contributed by atoms with E-state index >= 15 is 0 Å². The van der Waals surface area contributed by atoms with Gasteiger partial charge in [0.25, 0.3) is 0 Å². The first kappa shape index (κ1) is 21.4. The molecule has 1 saturated carbocycles. The van der Waals surface area contributed by atoms with Crippen LogP contribution >= 0.6 is 12.2 Å². The minimum Gasteiger partial charge on any atom is -0.441 e. The average molecular weight is 456 g/mol. The van der Waals surface area contributed by atoms with Crippen LogP contribution in [0.3, 0.4) is 0 Å². The molecule has 1 aliphatic carbocycles. The van der Waals surface area contributed by atoms with Gasteiger partial charge >= 0.3 is 6.09 Å². The van der Waals surface area contributed by atoms with Gasteiger partial charge in [0.2, 0.25) is 0 Å². The van der Waals surface area contributed by atoms with Gasteiger partial charge in [0.05, 0.1) is 24.9 Å². The quantitative estimate of drug-likeness (QED) is 0.606. The molecule has 170 valence electrons. The number of benzene rings is 2. The van der Waals surface area contributed by atoms with Gasteiger partial charge in [-0.25, -0.2) is 4.79 Å². The summed E-state index contributed by atoms with van der Waals surface area (Å²) in [5, 5.41) is 12.3. The number of thiocarbonyl (C=S) groups is 1. The van der Waals surface area contributed by atoms with Crippen LogP contribution in [0.25, 0.3) is 10.8 Å². The molecule has 1 amide bonds. The maximum absolute atomic E-state index is 12.6. The highest BCUT2D eigenvalue weighted by molar-refractivity contribution is 7.80. The van der Waals surface area contributed by atoms with E-state index in [1.165, 1.54) is 19.3 Å². The Labute approximate surface area is 193 Å². The van der Waals surface area contributed by atoms with Gasteiger partial charge in [0, 0.05) is 11.4 Å². The zero-order valence-electron chi connectivity index (χ0n) is 17.9. The fraction of sp³-hybridized carbons (Fsp3) is 0.500. The molecule has 5 rings (SSSR count). The number of ether oxygens (including phenoxy) is 3. The Morgan fingerprint density at radius 2 is 1.72 bits per heavy atom. The second-order valence-corrected chi connectivity index (χ2v) is 9.16. The van der Waals surface area contributed by atoms with Gasteiger partial charge in [-0.2, -0.15) is 0 Å². The standard InChI is InChI=1S/C24H29N3O4S/c28-24(27-18-12-6-8-15-7-4-5-11-17(15)18)31-20-14-30-21-19(13-29-22(20)21)26-23(32)25-16-9-2-1-3-10-16/h4-8,11-12,16,19-22H,1-3,9-10,13-14H2,(H,27,28)(H2,25,26,32). The highest BCUT2D eigenvalue weighted by atomic mass is 32.1. The summed E-state index contributed by atoms with van der Waals surface area (Å²) in [7, 11) is 0. The molecule has 0 bridgehead atoms. The topological polar surface area (TPSA) is 80.9 Å². The number of anilines is 1. The molecular formula is C24H29N3O4S. The summed E-state index contributed by atoms with van der Waals surface area (Å²) in [6, 6.07) is 14.1. The van der Waals surface area contributed by atoms with Gasteiger partial charge < -0.3 is 24.8 Å². The summed E-state index contributed by atoms with van der Waals surface area (Å²) in [5.41, 5.74) is 0.717. The lowest BCUT2D eigenvalue weighted by atomic mass is 9.96. The molecule has 4 unspecified atom stereocenters. The SMILES string of the molecule is O=C(Nc1cccc2ccccc12)OC1COC2C(NC(=S)NC3CCCCC3)COC12. The van der Waals surface area contributed by atoms with Gasteiger partial charge in [0.1, 0.15) is 12.2 Å². The molecule has 0 spiro atoms. The van der Waals surface area contributed by atoms with Crippen molar-refractivity contribution in [3.05, 3.63) is 42.5 Å². The Balaban J connectivity index is 1.14. The molecule has 2 aliphatic heterocycles. The van der Waals surface area contributed by atoms with Crippen molar-refractivity contribution in [2.75, 3.05) is 18.5 Å². The summed E-state index contributed by atoms with van der Waals surface area (Å²) in [4.78, 5) is 12.6. The summed E-state index contributed by atoms with van der Waals surface area (Å²) in [6.45, 7) is 0.770. The first-order chi connectivity index (χ1) is 15.7. The van der Waals surface area contributed by atoms with Crippen molar-refractivity contribution >= 4 is 39.9 Å². The molecule has 3 aliphatic rings. The van der Waals surface area contributed by atoms with Crippen LogP contribution in [-0.4, -0.2) is 54.8 Å². The number of carbonyl (C=O) groups excluding carboxylic acids is 1. The molecule has 2 saturated heterocycles. The van der Waals surface area contributed by atoms with Gasteiger partial charge in [-0.15, -0.1) is 0 Å². The van der Waals surface area contributed by atoms with E-state index in [1.807, 2.05) is 42.5 Å². The Morgan fingerprint density at radius 1 is 0.938 bits per heavy atom. The van der Waals surface area contributed by atoms with Crippen LogP contribution in [-0.2, 0) is 14.2 Å². The molecule has 0 radical (unpaired) electrons. The Kier molecular flexibility index (Phi) is 6.43. The molecule has 8 heteroatoms. The zero-order chi connectivity index (χ0) is 21.9. The van der Waals surface area contributed by atoms with Gasteiger partial charge in [-0.05, 0) is 36.5 Å². The second kappa shape index (κ2) is 9.60.